The van der Waals surface area contributed by atoms with E-state index in [9.17, 15) is 0 Å². The van der Waals surface area contributed by atoms with E-state index in [1.807, 2.05) is 12.1 Å². The zero-order valence-corrected chi connectivity index (χ0v) is 15.4. The third kappa shape index (κ3) is 3.61. The van der Waals surface area contributed by atoms with Crippen LogP contribution < -0.4 is 5.32 Å². The summed E-state index contributed by atoms with van der Waals surface area (Å²) in [6, 6.07) is 12.8. The van der Waals surface area contributed by atoms with Crippen LogP contribution in [0, 0.1) is 6.92 Å². The molecule has 0 bridgehead atoms. The van der Waals surface area contributed by atoms with Crippen molar-refractivity contribution in [3.63, 3.8) is 0 Å². The molecule has 0 amide bonds. The van der Waals surface area contributed by atoms with Crippen molar-refractivity contribution in [1.29, 1.82) is 0 Å². The topological polar surface area (TPSA) is 12.0 Å². The Labute approximate surface area is 139 Å². The average molecular weight is 448 g/mol. The van der Waals surface area contributed by atoms with E-state index in [2.05, 4.69) is 91.2 Å². The predicted molar refractivity (Wildman–Crippen MR) is 92.8 cm³/mol. The van der Waals surface area contributed by atoms with Crippen molar-refractivity contribution in [2.45, 2.75) is 19.9 Å². The average Bonchev–Trinajstić information content (AvgIpc) is 2.34. The quantitative estimate of drug-likeness (QED) is 0.569. The highest BCUT2D eigenvalue weighted by molar-refractivity contribution is 9.11. The molecule has 0 saturated heterocycles. The Kier molecular flexibility index (Phi) is 5.09. The highest BCUT2D eigenvalue weighted by Gasteiger charge is 2.12. The molecule has 0 saturated carbocycles. The minimum atomic E-state index is 0.245. The molecule has 2 aromatic carbocycles. The standard InChI is InChI=1S/C15H14Br3N/c1-9-5-3-4-6-12(9)10(2)19-15-13(17)7-11(16)8-14(15)18/h3-8,10,19H,1-2H3. The van der Waals surface area contributed by atoms with Crippen LogP contribution in [0.5, 0.6) is 0 Å². The van der Waals surface area contributed by atoms with Crippen LogP contribution >= 0.6 is 47.8 Å². The molecule has 0 aliphatic carbocycles. The SMILES string of the molecule is Cc1ccccc1C(C)Nc1c(Br)cc(Br)cc1Br. The zero-order chi connectivity index (χ0) is 14.0. The summed E-state index contributed by atoms with van der Waals surface area (Å²) in [4.78, 5) is 0. The Hall–Kier alpha value is -0.320. The van der Waals surface area contributed by atoms with Crippen LogP contribution in [0.25, 0.3) is 0 Å². The van der Waals surface area contributed by atoms with Crippen molar-refractivity contribution in [2.24, 2.45) is 0 Å². The minimum Gasteiger partial charge on any atom is -0.377 e. The second-order valence-electron chi connectivity index (χ2n) is 4.47. The molecule has 0 radical (unpaired) electrons. The maximum Gasteiger partial charge on any atom is 0.0634 e. The number of benzene rings is 2. The molecule has 0 spiro atoms. The molecule has 1 atom stereocenters. The smallest absolute Gasteiger partial charge is 0.0634 e. The summed E-state index contributed by atoms with van der Waals surface area (Å²) >= 11 is 10.7. The normalized spacial score (nSPS) is 12.3. The Morgan fingerprint density at radius 3 is 2.16 bits per heavy atom. The van der Waals surface area contributed by atoms with Gasteiger partial charge < -0.3 is 5.32 Å². The number of nitrogens with one attached hydrogen (secondary N) is 1. The summed E-state index contributed by atoms with van der Waals surface area (Å²) in [6.45, 7) is 4.31. The van der Waals surface area contributed by atoms with Gasteiger partial charge in [0.15, 0.2) is 0 Å². The van der Waals surface area contributed by atoms with E-state index >= 15 is 0 Å². The highest BCUT2D eigenvalue weighted by Crippen LogP contribution is 2.36. The first-order valence-corrected chi connectivity index (χ1v) is 8.33. The van der Waals surface area contributed by atoms with E-state index in [1.54, 1.807) is 0 Å². The van der Waals surface area contributed by atoms with Gasteiger partial charge in [0.2, 0.25) is 0 Å². The molecular formula is C15H14Br3N. The molecule has 4 heteroatoms. The maximum atomic E-state index is 3.60. The van der Waals surface area contributed by atoms with Crippen molar-refractivity contribution in [2.75, 3.05) is 5.32 Å². The lowest BCUT2D eigenvalue weighted by atomic mass is 10.0. The van der Waals surface area contributed by atoms with Crippen LogP contribution in [0.2, 0.25) is 0 Å². The van der Waals surface area contributed by atoms with Gasteiger partial charge in [0.1, 0.15) is 0 Å². The molecule has 0 aliphatic heterocycles. The minimum absolute atomic E-state index is 0.245. The number of hydrogen-bond acceptors (Lipinski definition) is 1. The van der Waals surface area contributed by atoms with Crippen LogP contribution in [0.15, 0.2) is 49.8 Å². The second kappa shape index (κ2) is 6.42. The van der Waals surface area contributed by atoms with Gasteiger partial charge in [0.25, 0.3) is 0 Å². The lowest BCUT2D eigenvalue weighted by molar-refractivity contribution is 0.872. The van der Waals surface area contributed by atoms with Crippen LogP contribution in [0.3, 0.4) is 0 Å². The van der Waals surface area contributed by atoms with Gasteiger partial charge in [-0.05, 0) is 69.0 Å². The van der Waals surface area contributed by atoms with Crippen LogP contribution in [-0.4, -0.2) is 0 Å². The third-order valence-corrected chi connectivity index (χ3v) is 4.73. The van der Waals surface area contributed by atoms with Gasteiger partial charge in [0.05, 0.1) is 5.69 Å². The maximum absolute atomic E-state index is 3.60. The van der Waals surface area contributed by atoms with Gasteiger partial charge in [-0.15, -0.1) is 0 Å². The van der Waals surface area contributed by atoms with Crippen molar-refractivity contribution in [3.8, 4) is 0 Å². The molecule has 1 nitrogen and oxygen atoms in total. The fourth-order valence-corrected chi connectivity index (χ4v) is 4.53. The first-order valence-electron chi connectivity index (χ1n) is 5.95. The zero-order valence-electron chi connectivity index (χ0n) is 10.7. The van der Waals surface area contributed by atoms with Gasteiger partial charge in [-0.25, -0.2) is 0 Å². The fourth-order valence-electron chi connectivity index (χ4n) is 2.05. The summed E-state index contributed by atoms with van der Waals surface area (Å²) in [5.74, 6) is 0. The Bertz CT molecular complexity index is 573. The van der Waals surface area contributed by atoms with E-state index in [4.69, 9.17) is 0 Å². The summed E-state index contributed by atoms with van der Waals surface area (Å²) in [5.41, 5.74) is 3.68. The fraction of sp³-hybridized carbons (Fsp3) is 0.200. The van der Waals surface area contributed by atoms with E-state index < -0.39 is 0 Å². The van der Waals surface area contributed by atoms with E-state index in [0.717, 1.165) is 19.1 Å². The molecule has 0 aliphatic rings. The van der Waals surface area contributed by atoms with Gasteiger partial charge >= 0.3 is 0 Å². The lowest BCUT2D eigenvalue weighted by Gasteiger charge is -2.20. The summed E-state index contributed by atoms with van der Waals surface area (Å²) in [6.07, 6.45) is 0. The molecule has 100 valence electrons. The summed E-state index contributed by atoms with van der Waals surface area (Å²) in [5, 5.41) is 3.55. The van der Waals surface area contributed by atoms with Crippen LogP contribution in [0.1, 0.15) is 24.1 Å². The van der Waals surface area contributed by atoms with Crippen LogP contribution in [-0.2, 0) is 0 Å². The molecule has 1 N–H and O–H groups in total. The second-order valence-corrected chi connectivity index (χ2v) is 7.09. The molecule has 2 rings (SSSR count). The molecular weight excluding hydrogens is 434 g/mol. The predicted octanol–water partition coefficient (Wildman–Crippen LogP) is 6.46. The van der Waals surface area contributed by atoms with Gasteiger partial charge in [-0.2, -0.15) is 0 Å². The van der Waals surface area contributed by atoms with Gasteiger partial charge in [0, 0.05) is 19.5 Å². The Balaban J connectivity index is 2.29. The van der Waals surface area contributed by atoms with Gasteiger partial charge in [-0.3, -0.25) is 0 Å². The van der Waals surface area contributed by atoms with Crippen molar-refractivity contribution in [3.05, 3.63) is 60.9 Å². The van der Waals surface area contributed by atoms with E-state index in [-0.39, 0.29) is 6.04 Å². The van der Waals surface area contributed by atoms with E-state index in [1.165, 1.54) is 11.1 Å². The number of anilines is 1. The largest absolute Gasteiger partial charge is 0.377 e. The van der Waals surface area contributed by atoms with E-state index in [0.29, 0.717) is 0 Å². The molecule has 0 heterocycles. The monoisotopic (exact) mass is 445 g/mol. The third-order valence-electron chi connectivity index (χ3n) is 3.02. The van der Waals surface area contributed by atoms with Crippen LogP contribution in [0.4, 0.5) is 5.69 Å². The Morgan fingerprint density at radius 1 is 1.00 bits per heavy atom. The molecule has 1 unspecified atom stereocenters. The molecule has 2 aromatic rings. The molecule has 0 aromatic heterocycles. The number of halogens is 3. The number of aryl methyl sites for hydroxylation is 1. The molecule has 0 fully saturated rings. The summed E-state index contributed by atoms with van der Waals surface area (Å²) < 4.78 is 3.11. The van der Waals surface area contributed by atoms with Crippen molar-refractivity contribution >= 4 is 53.5 Å². The Morgan fingerprint density at radius 2 is 1.58 bits per heavy atom. The number of hydrogen-bond donors (Lipinski definition) is 1. The van der Waals surface area contributed by atoms with Crippen molar-refractivity contribution < 1.29 is 0 Å². The van der Waals surface area contributed by atoms with Gasteiger partial charge in [-0.1, -0.05) is 40.2 Å². The first-order chi connectivity index (χ1) is 8.99. The number of rotatable bonds is 3. The molecule has 19 heavy (non-hydrogen) atoms. The summed E-state index contributed by atoms with van der Waals surface area (Å²) in [7, 11) is 0. The highest BCUT2D eigenvalue weighted by atomic mass is 79.9. The van der Waals surface area contributed by atoms with Crippen molar-refractivity contribution in [1.82, 2.24) is 0 Å². The first kappa shape index (κ1) is 15.1. The lowest BCUT2D eigenvalue weighted by Crippen LogP contribution is -2.09.